The summed E-state index contributed by atoms with van der Waals surface area (Å²) in [7, 11) is 0. The van der Waals surface area contributed by atoms with Crippen molar-refractivity contribution < 1.29 is 14.7 Å². The number of hydrogen-bond acceptors (Lipinski definition) is 3. The highest BCUT2D eigenvalue weighted by molar-refractivity contribution is 6.01. The zero-order valence-corrected chi connectivity index (χ0v) is 13.1. The van der Waals surface area contributed by atoms with Crippen molar-refractivity contribution in [2.24, 2.45) is 10.8 Å². The Bertz CT molecular complexity index is 362. The number of carboxylic acid groups (broad SMARTS) is 1. The molecule has 5 nitrogen and oxygen atoms in total. The van der Waals surface area contributed by atoms with Crippen molar-refractivity contribution in [2.75, 3.05) is 13.1 Å². The van der Waals surface area contributed by atoms with E-state index in [1.165, 1.54) is 0 Å². The van der Waals surface area contributed by atoms with Crippen LogP contribution in [0.15, 0.2) is 0 Å². The molecular weight excluding hydrogens is 256 g/mol. The second-order valence-corrected chi connectivity index (χ2v) is 6.60. The molecule has 3 N–H and O–H groups in total. The molecule has 0 aromatic carbocycles. The monoisotopic (exact) mass is 284 g/mol. The van der Waals surface area contributed by atoms with Gasteiger partial charge in [-0.3, -0.25) is 9.59 Å². The number of hydrogen-bond donors (Lipinski definition) is 3. The van der Waals surface area contributed by atoms with Crippen LogP contribution in [0.3, 0.4) is 0 Å². The van der Waals surface area contributed by atoms with Crippen LogP contribution < -0.4 is 10.6 Å². The maximum absolute atomic E-state index is 12.4. The lowest BCUT2D eigenvalue weighted by Gasteiger charge is -2.31. The predicted molar refractivity (Wildman–Crippen MR) is 78.5 cm³/mol. The average molecular weight is 284 g/mol. The molecule has 1 amide bonds. The molecule has 1 atom stereocenters. The fourth-order valence-electron chi connectivity index (χ4n) is 2.96. The molecule has 1 rings (SSSR count). The average Bonchev–Trinajstić information content (AvgIpc) is 2.51. The molecular formula is C15H28N2O3. The van der Waals surface area contributed by atoms with Gasteiger partial charge in [-0.15, -0.1) is 0 Å². The number of carbonyl (C=O) groups excluding carboxylic acids is 1. The van der Waals surface area contributed by atoms with E-state index in [9.17, 15) is 14.7 Å². The maximum Gasteiger partial charge on any atom is 0.319 e. The van der Waals surface area contributed by atoms with Crippen LogP contribution in [-0.4, -0.2) is 36.1 Å². The zero-order valence-electron chi connectivity index (χ0n) is 13.1. The van der Waals surface area contributed by atoms with E-state index in [1.807, 2.05) is 0 Å². The lowest BCUT2D eigenvalue weighted by atomic mass is 9.80. The van der Waals surface area contributed by atoms with Crippen LogP contribution in [0.4, 0.5) is 0 Å². The second kappa shape index (κ2) is 6.57. The summed E-state index contributed by atoms with van der Waals surface area (Å²) in [6.07, 6.45) is 2.35. The van der Waals surface area contributed by atoms with Crippen molar-refractivity contribution in [3.05, 3.63) is 0 Å². The molecule has 20 heavy (non-hydrogen) atoms. The first kappa shape index (κ1) is 17.0. The van der Waals surface area contributed by atoms with Gasteiger partial charge in [-0.1, -0.05) is 27.7 Å². The van der Waals surface area contributed by atoms with Crippen LogP contribution in [0.25, 0.3) is 0 Å². The van der Waals surface area contributed by atoms with Gasteiger partial charge in [0.25, 0.3) is 0 Å². The number of rotatable bonds is 5. The van der Waals surface area contributed by atoms with E-state index in [4.69, 9.17) is 0 Å². The molecule has 0 aliphatic carbocycles. The third kappa shape index (κ3) is 3.72. The van der Waals surface area contributed by atoms with Gasteiger partial charge in [-0.2, -0.15) is 0 Å². The molecule has 0 aromatic rings. The Hall–Kier alpha value is -1.10. The Balaban J connectivity index is 2.80. The third-order valence-electron chi connectivity index (χ3n) is 4.46. The predicted octanol–water partition coefficient (Wildman–Crippen LogP) is 1.77. The fourth-order valence-corrected chi connectivity index (χ4v) is 2.96. The number of amides is 1. The molecule has 1 saturated heterocycles. The van der Waals surface area contributed by atoms with E-state index in [-0.39, 0.29) is 17.4 Å². The van der Waals surface area contributed by atoms with Crippen LogP contribution in [0.2, 0.25) is 0 Å². The first-order valence-electron chi connectivity index (χ1n) is 7.52. The minimum absolute atomic E-state index is 0.0457. The summed E-state index contributed by atoms with van der Waals surface area (Å²) in [6, 6.07) is 0.0457. The molecule has 116 valence electrons. The van der Waals surface area contributed by atoms with Crippen molar-refractivity contribution in [1.29, 1.82) is 0 Å². The van der Waals surface area contributed by atoms with Gasteiger partial charge in [-0.25, -0.2) is 0 Å². The Labute approximate surface area is 121 Å². The van der Waals surface area contributed by atoms with Crippen molar-refractivity contribution >= 4 is 11.9 Å². The maximum atomic E-state index is 12.4. The Morgan fingerprint density at radius 2 is 1.95 bits per heavy atom. The SMILES string of the molecule is CCC(CC)(C(=O)O)C(=O)NC1CCNCC(C)(C)C1. The lowest BCUT2D eigenvalue weighted by Crippen LogP contribution is -2.50. The van der Waals surface area contributed by atoms with Crippen LogP contribution in [0, 0.1) is 10.8 Å². The Kier molecular flexibility index (Phi) is 5.57. The molecule has 0 bridgehead atoms. The van der Waals surface area contributed by atoms with Crippen molar-refractivity contribution in [2.45, 2.75) is 59.4 Å². The zero-order chi connectivity index (χ0) is 15.4. The highest BCUT2D eigenvalue weighted by Crippen LogP contribution is 2.29. The van der Waals surface area contributed by atoms with Gasteiger partial charge < -0.3 is 15.7 Å². The van der Waals surface area contributed by atoms with Gasteiger partial charge in [0.05, 0.1) is 0 Å². The van der Waals surface area contributed by atoms with E-state index in [0.717, 1.165) is 25.9 Å². The van der Waals surface area contributed by atoms with Crippen molar-refractivity contribution in [3.8, 4) is 0 Å². The number of carboxylic acids is 1. The summed E-state index contributed by atoms with van der Waals surface area (Å²) in [5, 5.41) is 15.8. The largest absolute Gasteiger partial charge is 0.480 e. The minimum atomic E-state index is -1.29. The topological polar surface area (TPSA) is 78.4 Å². The van der Waals surface area contributed by atoms with Crippen LogP contribution >= 0.6 is 0 Å². The highest BCUT2D eigenvalue weighted by Gasteiger charge is 2.43. The number of nitrogens with one attached hydrogen (secondary N) is 2. The summed E-state index contributed by atoms with van der Waals surface area (Å²) in [6.45, 7) is 9.62. The smallest absolute Gasteiger partial charge is 0.319 e. The summed E-state index contributed by atoms with van der Waals surface area (Å²) >= 11 is 0. The molecule has 1 aliphatic heterocycles. The van der Waals surface area contributed by atoms with E-state index in [0.29, 0.717) is 12.8 Å². The van der Waals surface area contributed by atoms with Crippen LogP contribution in [0.1, 0.15) is 53.4 Å². The summed E-state index contributed by atoms with van der Waals surface area (Å²) < 4.78 is 0. The summed E-state index contributed by atoms with van der Waals surface area (Å²) in [4.78, 5) is 23.9. The molecule has 5 heteroatoms. The van der Waals surface area contributed by atoms with Crippen LogP contribution in [0.5, 0.6) is 0 Å². The quantitative estimate of drug-likeness (QED) is 0.672. The minimum Gasteiger partial charge on any atom is -0.480 e. The van der Waals surface area contributed by atoms with E-state index >= 15 is 0 Å². The van der Waals surface area contributed by atoms with Gasteiger partial charge >= 0.3 is 5.97 Å². The molecule has 1 unspecified atom stereocenters. The second-order valence-electron chi connectivity index (χ2n) is 6.60. The fraction of sp³-hybridized carbons (Fsp3) is 0.867. The normalized spacial score (nSPS) is 22.9. The van der Waals surface area contributed by atoms with Crippen molar-refractivity contribution in [3.63, 3.8) is 0 Å². The van der Waals surface area contributed by atoms with Gasteiger partial charge in [-0.05, 0) is 37.6 Å². The van der Waals surface area contributed by atoms with E-state index in [1.54, 1.807) is 13.8 Å². The Morgan fingerprint density at radius 3 is 2.45 bits per heavy atom. The van der Waals surface area contributed by atoms with Gasteiger partial charge in [0, 0.05) is 12.6 Å². The first-order chi connectivity index (χ1) is 9.27. The summed E-state index contributed by atoms with van der Waals surface area (Å²) in [5.41, 5.74) is -1.18. The number of carbonyl (C=O) groups is 2. The molecule has 1 aliphatic rings. The lowest BCUT2D eigenvalue weighted by molar-refractivity contribution is -0.156. The molecule has 0 spiro atoms. The van der Waals surface area contributed by atoms with Gasteiger partial charge in [0.2, 0.25) is 5.91 Å². The third-order valence-corrected chi connectivity index (χ3v) is 4.46. The number of aliphatic carboxylic acids is 1. The molecule has 1 fully saturated rings. The first-order valence-corrected chi connectivity index (χ1v) is 7.52. The molecule has 0 aromatic heterocycles. The summed E-state index contributed by atoms with van der Waals surface area (Å²) in [5.74, 6) is -1.36. The van der Waals surface area contributed by atoms with E-state index < -0.39 is 11.4 Å². The highest BCUT2D eigenvalue weighted by atomic mass is 16.4. The molecule has 0 saturated carbocycles. The van der Waals surface area contributed by atoms with Crippen molar-refractivity contribution in [1.82, 2.24) is 10.6 Å². The van der Waals surface area contributed by atoms with Crippen LogP contribution in [-0.2, 0) is 9.59 Å². The standard InChI is InChI=1S/C15H28N2O3/c1-5-15(6-2,13(19)20)12(18)17-11-7-8-16-10-14(3,4)9-11/h11,16H,5-10H2,1-4H3,(H,17,18)(H,19,20). The van der Waals surface area contributed by atoms with Gasteiger partial charge in [0.1, 0.15) is 5.41 Å². The van der Waals surface area contributed by atoms with Gasteiger partial charge in [0.15, 0.2) is 0 Å². The van der Waals surface area contributed by atoms with E-state index in [2.05, 4.69) is 24.5 Å². The Morgan fingerprint density at radius 1 is 1.35 bits per heavy atom. The molecule has 1 heterocycles. The molecule has 0 radical (unpaired) electrons.